The number of halogens is 2. The second-order valence-electron chi connectivity index (χ2n) is 3.83. The molecule has 1 aromatic carbocycles. The van der Waals surface area contributed by atoms with Crippen LogP contribution in [0.5, 0.6) is 0 Å². The summed E-state index contributed by atoms with van der Waals surface area (Å²) in [5.41, 5.74) is 2.32. The minimum Gasteiger partial charge on any atom is -0.348 e. The lowest BCUT2D eigenvalue weighted by Gasteiger charge is -2.06. The van der Waals surface area contributed by atoms with Crippen LogP contribution >= 0.6 is 22.6 Å². The Morgan fingerprint density at radius 2 is 2.33 bits per heavy atom. The molecule has 0 spiro atoms. The molecule has 0 saturated carbocycles. The van der Waals surface area contributed by atoms with E-state index in [1.807, 2.05) is 29.5 Å². The van der Waals surface area contributed by atoms with Crippen molar-refractivity contribution in [2.24, 2.45) is 0 Å². The maximum atomic E-state index is 12.9. The summed E-state index contributed by atoms with van der Waals surface area (Å²) in [7, 11) is 0. The Bertz CT molecular complexity index is 582. The van der Waals surface area contributed by atoms with Gasteiger partial charge in [-0.2, -0.15) is 5.10 Å². The van der Waals surface area contributed by atoms with E-state index in [0.717, 1.165) is 11.3 Å². The van der Waals surface area contributed by atoms with Gasteiger partial charge in [-0.15, -0.1) is 0 Å². The first-order chi connectivity index (χ1) is 8.58. The number of H-pyrrole nitrogens is 1. The van der Waals surface area contributed by atoms with Gasteiger partial charge in [0.25, 0.3) is 5.91 Å². The average molecular weight is 359 g/mol. The van der Waals surface area contributed by atoms with Gasteiger partial charge in [-0.3, -0.25) is 9.89 Å². The van der Waals surface area contributed by atoms with E-state index in [1.54, 1.807) is 6.20 Å². The molecule has 0 aliphatic rings. The summed E-state index contributed by atoms with van der Waals surface area (Å²) < 4.78 is 13.5. The third-order valence-corrected chi connectivity index (χ3v) is 3.44. The molecule has 1 aromatic heterocycles. The Morgan fingerprint density at radius 3 is 2.94 bits per heavy atom. The van der Waals surface area contributed by atoms with Gasteiger partial charge in [-0.25, -0.2) is 4.39 Å². The maximum absolute atomic E-state index is 12.9. The van der Waals surface area contributed by atoms with Crippen LogP contribution in [0.4, 0.5) is 4.39 Å². The van der Waals surface area contributed by atoms with Gasteiger partial charge in [0.2, 0.25) is 0 Å². The number of aryl methyl sites for hydroxylation is 1. The molecule has 2 aromatic rings. The molecule has 0 bridgehead atoms. The molecule has 1 heterocycles. The van der Waals surface area contributed by atoms with E-state index in [2.05, 4.69) is 15.5 Å². The van der Waals surface area contributed by atoms with E-state index in [0.29, 0.717) is 15.7 Å². The molecule has 0 atom stereocenters. The highest BCUT2D eigenvalue weighted by Crippen LogP contribution is 2.14. The average Bonchev–Trinajstić information content (AvgIpc) is 2.72. The molecule has 4 nitrogen and oxygen atoms in total. The van der Waals surface area contributed by atoms with Crippen LogP contribution in [-0.4, -0.2) is 16.1 Å². The van der Waals surface area contributed by atoms with Gasteiger partial charge < -0.3 is 5.32 Å². The molecule has 6 heteroatoms. The Hall–Kier alpha value is -1.44. The summed E-state index contributed by atoms with van der Waals surface area (Å²) in [6, 6.07) is 4.09. The number of rotatable bonds is 3. The summed E-state index contributed by atoms with van der Waals surface area (Å²) in [4.78, 5) is 11.9. The van der Waals surface area contributed by atoms with Crippen molar-refractivity contribution < 1.29 is 9.18 Å². The highest BCUT2D eigenvalue weighted by molar-refractivity contribution is 14.1. The highest BCUT2D eigenvalue weighted by Gasteiger charge is 2.11. The second kappa shape index (κ2) is 5.47. The number of amides is 1. The summed E-state index contributed by atoms with van der Waals surface area (Å²) >= 11 is 1.94. The van der Waals surface area contributed by atoms with Crippen molar-refractivity contribution in [2.45, 2.75) is 13.5 Å². The van der Waals surface area contributed by atoms with E-state index in [9.17, 15) is 9.18 Å². The van der Waals surface area contributed by atoms with E-state index < -0.39 is 0 Å². The van der Waals surface area contributed by atoms with E-state index in [4.69, 9.17) is 0 Å². The number of carbonyl (C=O) groups excluding carboxylic acids is 1. The van der Waals surface area contributed by atoms with Crippen LogP contribution in [0.3, 0.4) is 0 Å². The van der Waals surface area contributed by atoms with Crippen LogP contribution in [0.1, 0.15) is 21.6 Å². The van der Waals surface area contributed by atoms with Crippen LogP contribution in [0.2, 0.25) is 0 Å². The van der Waals surface area contributed by atoms with Crippen LogP contribution < -0.4 is 5.32 Å². The van der Waals surface area contributed by atoms with Crippen molar-refractivity contribution in [3.05, 3.63) is 50.6 Å². The predicted octanol–water partition coefficient (Wildman–Crippen LogP) is 2.39. The minimum absolute atomic E-state index is 0.222. The Kier molecular flexibility index (Phi) is 3.95. The SMILES string of the molecule is Cc1[nH]ncc1CNC(=O)c1ccc(F)cc1I. The van der Waals surface area contributed by atoms with Crippen molar-refractivity contribution in [3.63, 3.8) is 0 Å². The van der Waals surface area contributed by atoms with Gasteiger partial charge in [0, 0.05) is 21.4 Å². The number of hydrogen-bond donors (Lipinski definition) is 2. The predicted molar refractivity (Wildman–Crippen MR) is 73.6 cm³/mol. The number of nitrogens with zero attached hydrogens (tertiary/aromatic N) is 1. The van der Waals surface area contributed by atoms with Crippen LogP contribution in [0.15, 0.2) is 24.4 Å². The van der Waals surface area contributed by atoms with Gasteiger partial charge in [0.1, 0.15) is 5.82 Å². The summed E-state index contributed by atoms with van der Waals surface area (Å²) in [5, 5.41) is 9.45. The van der Waals surface area contributed by atoms with Gasteiger partial charge in [0.15, 0.2) is 0 Å². The van der Waals surface area contributed by atoms with Crippen molar-refractivity contribution in [2.75, 3.05) is 0 Å². The second-order valence-corrected chi connectivity index (χ2v) is 4.99. The number of carbonyl (C=O) groups is 1. The maximum Gasteiger partial charge on any atom is 0.252 e. The molecular formula is C12H11FIN3O. The fourth-order valence-electron chi connectivity index (χ4n) is 1.50. The largest absolute Gasteiger partial charge is 0.348 e. The third-order valence-electron chi connectivity index (χ3n) is 2.55. The topological polar surface area (TPSA) is 57.8 Å². The molecule has 0 saturated heterocycles. The first-order valence-electron chi connectivity index (χ1n) is 5.30. The smallest absolute Gasteiger partial charge is 0.252 e. The van der Waals surface area contributed by atoms with E-state index in [1.165, 1.54) is 18.2 Å². The van der Waals surface area contributed by atoms with Crippen LogP contribution in [0.25, 0.3) is 0 Å². The van der Waals surface area contributed by atoms with E-state index in [-0.39, 0.29) is 11.7 Å². The lowest BCUT2D eigenvalue weighted by molar-refractivity contribution is 0.0950. The molecule has 0 fully saturated rings. The molecule has 94 valence electrons. The Morgan fingerprint density at radius 1 is 1.56 bits per heavy atom. The zero-order valence-corrected chi connectivity index (χ0v) is 11.8. The summed E-state index contributed by atoms with van der Waals surface area (Å²) in [6.07, 6.45) is 1.67. The molecular weight excluding hydrogens is 348 g/mol. The van der Waals surface area contributed by atoms with Crippen LogP contribution in [-0.2, 0) is 6.54 Å². The third kappa shape index (κ3) is 2.87. The molecule has 2 rings (SSSR count). The quantitative estimate of drug-likeness (QED) is 0.827. The van der Waals surface area contributed by atoms with E-state index >= 15 is 0 Å². The number of hydrogen-bond acceptors (Lipinski definition) is 2. The molecule has 2 N–H and O–H groups in total. The van der Waals surface area contributed by atoms with Crippen molar-refractivity contribution in [3.8, 4) is 0 Å². The molecule has 0 radical (unpaired) electrons. The zero-order valence-electron chi connectivity index (χ0n) is 9.63. The highest BCUT2D eigenvalue weighted by atomic mass is 127. The van der Waals surface area contributed by atoms with Gasteiger partial charge in [-0.05, 0) is 47.7 Å². The lowest BCUT2D eigenvalue weighted by atomic mass is 10.2. The Labute approximate surface area is 117 Å². The fourth-order valence-corrected chi connectivity index (χ4v) is 2.22. The van der Waals surface area contributed by atoms with Crippen molar-refractivity contribution in [1.29, 1.82) is 0 Å². The fraction of sp³-hybridized carbons (Fsp3) is 0.167. The summed E-state index contributed by atoms with van der Waals surface area (Å²) in [6.45, 7) is 2.28. The first kappa shape index (κ1) is 13.0. The minimum atomic E-state index is -0.346. The van der Waals surface area contributed by atoms with Crippen LogP contribution in [0, 0.1) is 16.3 Å². The number of aromatic nitrogens is 2. The molecule has 18 heavy (non-hydrogen) atoms. The zero-order chi connectivity index (χ0) is 13.1. The number of nitrogens with one attached hydrogen (secondary N) is 2. The number of aromatic amines is 1. The molecule has 0 aliphatic carbocycles. The first-order valence-corrected chi connectivity index (χ1v) is 6.38. The normalized spacial score (nSPS) is 10.4. The molecule has 1 amide bonds. The number of benzene rings is 1. The van der Waals surface area contributed by atoms with Gasteiger partial charge in [0.05, 0.1) is 11.8 Å². The standard InChI is InChI=1S/C12H11FIN3O/c1-7-8(6-16-17-7)5-15-12(18)10-3-2-9(13)4-11(10)14/h2-4,6H,5H2,1H3,(H,15,18)(H,16,17). The monoisotopic (exact) mass is 359 g/mol. The lowest BCUT2D eigenvalue weighted by Crippen LogP contribution is -2.23. The molecule has 0 unspecified atom stereocenters. The summed E-state index contributed by atoms with van der Waals surface area (Å²) in [5.74, 6) is -0.568. The van der Waals surface area contributed by atoms with Gasteiger partial charge >= 0.3 is 0 Å². The Balaban J connectivity index is 2.06. The van der Waals surface area contributed by atoms with Crippen molar-refractivity contribution >= 4 is 28.5 Å². The van der Waals surface area contributed by atoms with Gasteiger partial charge in [-0.1, -0.05) is 0 Å². The van der Waals surface area contributed by atoms with Crippen molar-refractivity contribution in [1.82, 2.24) is 15.5 Å². The molecule has 0 aliphatic heterocycles.